The standard InChI is InChI=1S/2C9H11.2ClH.Zr/c2*1-2-5-9-7-3-6-8(9)4-1;;;/h2*1,4,6H,2-3,5,7H2;2*1H;/q2*-1;;;+4/p-2. The Hall–Kier alpha value is 0.163. The molecule has 0 heterocycles. The van der Waals surface area contributed by atoms with Crippen LogP contribution in [0.5, 0.6) is 0 Å². The Balaban J connectivity index is 0.000000333. The van der Waals surface area contributed by atoms with Crippen LogP contribution in [0.4, 0.5) is 0 Å². The Kier molecular flexibility index (Phi) is 10.9. The Labute approximate surface area is 161 Å². The molecule has 0 amide bonds. The average molecular weight is 401 g/mol. The van der Waals surface area contributed by atoms with Gasteiger partial charge in [0.25, 0.3) is 0 Å². The molecule has 0 aromatic carbocycles. The molecule has 0 saturated carbocycles. The predicted octanol–water partition coefficient (Wildman–Crippen LogP) is -0.732. The number of allylic oxidation sites excluding steroid dienone is 8. The number of hydrogen-bond donors (Lipinski definition) is 0. The van der Waals surface area contributed by atoms with Crippen molar-refractivity contribution in [1.82, 2.24) is 0 Å². The average Bonchev–Trinajstić information content (AvgIpc) is 3.08. The molecule has 0 radical (unpaired) electrons. The van der Waals surface area contributed by atoms with E-state index in [9.17, 15) is 0 Å². The molecule has 3 heteroatoms. The van der Waals surface area contributed by atoms with Crippen LogP contribution in [-0.4, -0.2) is 0 Å². The van der Waals surface area contributed by atoms with E-state index in [4.69, 9.17) is 0 Å². The minimum absolute atomic E-state index is 0. The summed E-state index contributed by atoms with van der Waals surface area (Å²) < 4.78 is 0. The molecule has 0 spiro atoms. The Morgan fingerprint density at radius 3 is 1.48 bits per heavy atom. The summed E-state index contributed by atoms with van der Waals surface area (Å²) in [6.07, 6.45) is 24.2. The van der Waals surface area contributed by atoms with Gasteiger partial charge in [-0.2, -0.15) is 47.3 Å². The summed E-state index contributed by atoms with van der Waals surface area (Å²) in [6, 6.07) is 0. The first-order valence-corrected chi connectivity index (χ1v) is 7.37. The SMILES string of the molecule is C1=CC2=C(CC1)CC[CH-]2.C1=CC2=C(CC1)CC[CH-]2.[Cl-].[Cl-].[Zr+4]. The molecule has 4 aliphatic carbocycles. The van der Waals surface area contributed by atoms with Crippen molar-refractivity contribution in [3.05, 3.63) is 59.4 Å². The fourth-order valence-corrected chi connectivity index (χ4v) is 3.23. The third-order valence-corrected chi connectivity index (χ3v) is 4.26. The van der Waals surface area contributed by atoms with Crippen LogP contribution in [0.2, 0.25) is 0 Å². The third-order valence-electron chi connectivity index (χ3n) is 4.26. The molecule has 0 unspecified atom stereocenters. The van der Waals surface area contributed by atoms with E-state index in [1.165, 1.54) is 62.5 Å². The first-order chi connectivity index (χ1) is 8.93. The molecule has 0 aromatic rings. The van der Waals surface area contributed by atoms with E-state index < -0.39 is 0 Å². The first kappa shape index (κ1) is 21.2. The van der Waals surface area contributed by atoms with Crippen LogP contribution in [0.1, 0.15) is 51.4 Å². The van der Waals surface area contributed by atoms with Crippen molar-refractivity contribution in [3.8, 4) is 0 Å². The summed E-state index contributed by atoms with van der Waals surface area (Å²) in [4.78, 5) is 0. The third kappa shape index (κ3) is 5.70. The molecule has 4 rings (SSSR count). The maximum atomic E-state index is 2.35. The minimum atomic E-state index is 0. The summed E-state index contributed by atoms with van der Waals surface area (Å²) in [6.45, 7) is 0. The van der Waals surface area contributed by atoms with Gasteiger partial charge in [0.1, 0.15) is 0 Å². The number of hydrogen-bond acceptors (Lipinski definition) is 0. The Morgan fingerprint density at radius 2 is 1.10 bits per heavy atom. The largest absolute Gasteiger partial charge is 4.00 e. The molecule has 0 aliphatic heterocycles. The van der Waals surface area contributed by atoms with Gasteiger partial charge in [-0.25, -0.2) is 0 Å². The molecular weight excluding hydrogens is 378 g/mol. The van der Waals surface area contributed by atoms with Gasteiger partial charge in [0.15, 0.2) is 0 Å². The first-order valence-electron chi connectivity index (χ1n) is 7.37. The zero-order chi connectivity index (χ0) is 12.2. The van der Waals surface area contributed by atoms with E-state index in [1.54, 1.807) is 11.1 Å². The predicted molar refractivity (Wildman–Crippen MR) is 77.9 cm³/mol. The van der Waals surface area contributed by atoms with Gasteiger partial charge in [0.05, 0.1) is 0 Å². The van der Waals surface area contributed by atoms with Gasteiger partial charge in [-0.3, -0.25) is 0 Å². The van der Waals surface area contributed by atoms with Crippen LogP contribution in [0.3, 0.4) is 0 Å². The molecule has 0 nitrogen and oxygen atoms in total. The van der Waals surface area contributed by atoms with E-state index in [0.717, 1.165) is 0 Å². The molecule has 0 fully saturated rings. The Bertz CT molecular complexity index is 402. The number of rotatable bonds is 0. The van der Waals surface area contributed by atoms with Crippen molar-refractivity contribution in [2.24, 2.45) is 0 Å². The second kappa shape index (κ2) is 10.8. The topological polar surface area (TPSA) is 0 Å². The molecule has 0 N–H and O–H groups in total. The molecule has 0 atom stereocenters. The zero-order valence-electron chi connectivity index (χ0n) is 12.4. The van der Waals surface area contributed by atoms with Crippen molar-refractivity contribution < 1.29 is 51.0 Å². The summed E-state index contributed by atoms with van der Waals surface area (Å²) in [5.74, 6) is 0. The van der Waals surface area contributed by atoms with Gasteiger partial charge >= 0.3 is 26.2 Å². The molecule has 21 heavy (non-hydrogen) atoms. The van der Waals surface area contributed by atoms with E-state index in [2.05, 4.69) is 37.1 Å². The molecule has 0 aromatic heterocycles. The quantitative estimate of drug-likeness (QED) is 0.471. The van der Waals surface area contributed by atoms with Crippen LogP contribution in [0.15, 0.2) is 46.6 Å². The summed E-state index contributed by atoms with van der Waals surface area (Å²) in [5.41, 5.74) is 6.44. The van der Waals surface area contributed by atoms with Crippen molar-refractivity contribution in [1.29, 1.82) is 0 Å². The molecule has 4 aliphatic rings. The monoisotopic (exact) mass is 398 g/mol. The van der Waals surface area contributed by atoms with Gasteiger partial charge in [-0.05, 0) is 0 Å². The van der Waals surface area contributed by atoms with Crippen molar-refractivity contribution in [2.75, 3.05) is 0 Å². The molecule has 112 valence electrons. The maximum Gasteiger partial charge on any atom is 4.00 e. The summed E-state index contributed by atoms with van der Waals surface area (Å²) in [7, 11) is 0. The summed E-state index contributed by atoms with van der Waals surface area (Å²) >= 11 is 0. The molecule has 0 bridgehead atoms. The van der Waals surface area contributed by atoms with Crippen LogP contribution < -0.4 is 24.8 Å². The second-order valence-corrected chi connectivity index (χ2v) is 5.49. The van der Waals surface area contributed by atoms with Crippen molar-refractivity contribution in [3.63, 3.8) is 0 Å². The number of halogens is 2. The van der Waals surface area contributed by atoms with Gasteiger partial charge in [0.2, 0.25) is 0 Å². The van der Waals surface area contributed by atoms with E-state index in [1.807, 2.05) is 0 Å². The van der Waals surface area contributed by atoms with Gasteiger partial charge < -0.3 is 24.8 Å². The maximum absolute atomic E-state index is 2.35. The Morgan fingerprint density at radius 1 is 0.667 bits per heavy atom. The second-order valence-electron chi connectivity index (χ2n) is 5.49. The molecular formula is C18H22Cl2Zr. The van der Waals surface area contributed by atoms with Crippen LogP contribution >= 0.6 is 0 Å². The van der Waals surface area contributed by atoms with E-state index in [0.29, 0.717) is 0 Å². The normalized spacial score (nSPS) is 20.6. The van der Waals surface area contributed by atoms with E-state index in [-0.39, 0.29) is 51.0 Å². The van der Waals surface area contributed by atoms with Crippen LogP contribution in [0, 0.1) is 12.8 Å². The zero-order valence-corrected chi connectivity index (χ0v) is 16.3. The van der Waals surface area contributed by atoms with Gasteiger partial charge in [-0.15, -0.1) is 12.2 Å². The van der Waals surface area contributed by atoms with Gasteiger partial charge in [0, 0.05) is 0 Å². The fourth-order valence-electron chi connectivity index (χ4n) is 3.23. The summed E-state index contributed by atoms with van der Waals surface area (Å²) in [5, 5.41) is 0. The van der Waals surface area contributed by atoms with E-state index >= 15 is 0 Å². The van der Waals surface area contributed by atoms with Crippen molar-refractivity contribution in [2.45, 2.75) is 51.4 Å². The fraction of sp³-hybridized carbons (Fsp3) is 0.444. The van der Waals surface area contributed by atoms with Gasteiger partial charge in [-0.1, -0.05) is 51.4 Å². The molecule has 0 saturated heterocycles. The van der Waals surface area contributed by atoms with Crippen LogP contribution in [0.25, 0.3) is 0 Å². The van der Waals surface area contributed by atoms with Crippen molar-refractivity contribution >= 4 is 0 Å². The smallest absolute Gasteiger partial charge is 1.00 e. The minimum Gasteiger partial charge on any atom is -1.00 e. The van der Waals surface area contributed by atoms with Crippen LogP contribution in [-0.2, 0) is 26.2 Å².